The molecule has 2 aliphatic rings. The molecule has 0 spiro atoms. The molecular formula is C27H24BrN3O3. The molecule has 1 aliphatic heterocycles. The summed E-state index contributed by atoms with van der Waals surface area (Å²) in [5.41, 5.74) is 2.67. The Morgan fingerprint density at radius 3 is 2.21 bits per heavy atom. The third kappa shape index (κ3) is 4.56. The highest BCUT2D eigenvalue weighted by Gasteiger charge is 2.44. The van der Waals surface area contributed by atoms with E-state index in [1.54, 1.807) is 15.9 Å². The summed E-state index contributed by atoms with van der Waals surface area (Å²) in [6.07, 6.45) is 6.03. The Bertz CT molecular complexity index is 1230. The first kappa shape index (κ1) is 22.2. The Hall–Kier alpha value is -3.58. The van der Waals surface area contributed by atoms with E-state index in [1.165, 1.54) is 0 Å². The Kier molecular flexibility index (Phi) is 6.36. The molecule has 1 aromatic heterocycles. The smallest absolute Gasteiger partial charge is 0.325 e. The van der Waals surface area contributed by atoms with Crippen LogP contribution in [0.3, 0.4) is 0 Å². The minimum atomic E-state index is -0.157. The highest BCUT2D eigenvalue weighted by Crippen LogP contribution is 2.38. The van der Waals surface area contributed by atoms with Gasteiger partial charge >= 0.3 is 6.03 Å². The molecule has 0 bridgehead atoms. The van der Waals surface area contributed by atoms with Crippen molar-refractivity contribution >= 4 is 27.6 Å². The molecule has 2 heterocycles. The second kappa shape index (κ2) is 9.73. The van der Waals surface area contributed by atoms with E-state index in [9.17, 15) is 4.79 Å². The van der Waals surface area contributed by atoms with Gasteiger partial charge in [-0.25, -0.2) is 4.79 Å². The fraction of sp³-hybridized carbons (Fsp3) is 0.185. The predicted molar refractivity (Wildman–Crippen MR) is 135 cm³/mol. The Morgan fingerprint density at radius 1 is 0.882 bits per heavy atom. The molecule has 0 N–H and O–H groups in total. The van der Waals surface area contributed by atoms with Gasteiger partial charge in [0.05, 0.1) is 12.1 Å². The van der Waals surface area contributed by atoms with E-state index in [0.717, 1.165) is 15.6 Å². The molecule has 34 heavy (non-hydrogen) atoms. The minimum Gasteiger partial charge on any atom is -0.473 e. The summed E-state index contributed by atoms with van der Waals surface area (Å²) in [5.74, 6) is 0.799. The van der Waals surface area contributed by atoms with Crippen LogP contribution in [0.2, 0.25) is 0 Å². The number of pyridine rings is 1. The molecule has 3 aromatic rings. The normalized spacial score (nSPS) is 19.1. The maximum atomic E-state index is 13.3. The first-order chi connectivity index (χ1) is 16.6. The number of rotatable bonds is 7. The molecule has 0 radical (unpaired) electrons. The van der Waals surface area contributed by atoms with Crippen LogP contribution in [0.1, 0.15) is 11.1 Å². The van der Waals surface area contributed by atoms with Crippen LogP contribution in [0.5, 0.6) is 11.8 Å². The van der Waals surface area contributed by atoms with Gasteiger partial charge in [0.25, 0.3) is 0 Å². The number of carbonyl (C=O) groups excluding carboxylic acids is 1. The summed E-state index contributed by atoms with van der Waals surface area (Å²) in [7, 11) is 1.81. The number of allylic oxidation sites excluding steroid dienone is 2. The third-order valence-corrected chi connectivity index (χ3v) is 6.44. The zero-order valence-corrected chi connectivity index (χ0v) is 20.3. The minimum absolute atomic E-state index is 0.0807. The molecule has 1 aliphatic carbocycles. The largest absolute Gasteiger partial charge is 0.473 e. The van der Waals surface area contributed by atoms with Gasteiger partial charge in [-0.05, 0) is 23.3 Å². The zero-order chi connectivity index (χ0) is 23.5. The van der Waals surface area contributed by atoms with Crippen molar-refractivity contribution in [3.05, 3.63) is 107 Å². The first-order valence-corrected chi connectivity index (χ1v) is 11.9. The molecule has 172 valence electrons. The number of nitrogens with zero attached hydrogens (tertiary/aromatic N) is 3. The molecule has 5 rings (SSSR count). The van der Waals surface area contributed by atoms with Crippen molar-refractivity contribution in [3.8, 4) is 11.8 Å². The van der Waals surface area contributed by atoms with Crippen molar-refractivity contribution in [1.29, 1.82) is 0 Å². The van der Waals surface area contributed by atoms with E-state index in [1.807, 2.05) is 92.0 Å². The average molecular weight is 518 g/mol. The van der Waals surface area contributed by atoms with Crippen molar-refractivity contribution < 1.29 is 14.3 Å². The number of amides is 2. The summed E-state index contributed by atoms with van der Waals surface area (Å²) in [6, 6.07) is 23.1. The summed E-state index contributed by atoms with van der Waals surface area (Å²) in [5, 5.41) is 0. The lowest BCUT2D eigenvalue weighted by Gasteiger charge is -2.26. The van der Waals surface area contributed by atoms with Gasteiger partial charge in [-0.15, -0.1) is 0 Å². The fourth-order valence-electron chi connectivity index (χ4n) is 4.13. The van der Waals surface area contributed by atoms with E-state index in [2.05, 4.69) is 20.9 Å². The van der Waals surface area contributed by atoms with Crippen molar-refractivity contribution in [2.24, 2.45) is 0 Å². The number of carbonyl (C=O) groups is 1. The van der Waals surface area contributed by atoms with Crippen LogP contribution in [-0.4, -0.2) is 35.0 Å². The summed E-state index contributed by atoms with van der Waals surface area (Å²) in [6.45, 7) is 0.721. The summed E-state index contributed by atoms with van der Waals surface area (Å²) < 4.78 is 13.1. The SMILES string of the molecule is CN1C(=O)N(c2ccc(OCc3ccccc3)nc2OCc2ccccc2)C2C=CC(Br)=CC21. The predicted octanol–water partition coefficient (Wildman–Crippen LogP) is 5.70. The van der Waals surface area contributed by atoms with E-state index in [4.69, 9.17) is 9.47 Å². The number of ether oxygens (including phenoxy) is 2. The quantitative estimate of drug-likeness (QED) is 0.403. The molecule has 1 fully saturated rings. The molecule has 7 heteroatoms. The van der Waals surface area contributed by atoms with Gasteiger partial charge in [0.2, 0.25) is 11.8 Å². The summed E-state index contributed by atoms with van der Waals surface area (Å²) in [4.78, 5) is 21.4. The van der Waals surface area contributed by atoms with Crippen molar-refractivity contribution in [3.63, 3.8) is 0 Å². The number of hydrogen-bond donors (Lipinski definition) is 0. The molecule has 2 aromatic carbocycles. The first-order valence-electron chi connectivity index (χ1n) is 11.1. The van der Waals surface area contributed by atoms with Crippen LogP contribution in [0.15, 0.2) is 95.5 Å². The van der Waals surface area contributed by atoms with Gasteiger partial charge < -0.3 is 14.4 Å². The molecule has 1 saturated heterocycles. The fourth-order valence-corrected chi connectivity index (χ4v) is 4.56. The van der Waals surface area contributed by atoms with Gasteiger partial charge in [0, 0.05) is 17.6 Å². The Labute approximate surface area is 207 Å². The van der Waals surface area contributed by atoms with Crippen LogP contribution in [0, 0.1) is 0 Å². The second-order valence-corrected chi connectivity index (χ2v) is 9.09. The standard InChI is InChI=1S/C27H24BrN3O3/c1-30-24-16-21(28)12-13-22(24)31(27(30)32)23-14-15-25(33-17-19-8-4-2-5-9-19)29-26(23)34-18-20-10-6-3-7-11-20/h2-16,22,24H,17-18H2,1H3. The van der Waals surface area contributed by atoms with E-state index >= 15 is 0 Å². The lowest BCUT2D eigenvalue weighted by molar-refractivity contribution is 0.223. The van der Waals surface area contributed by atoms with Crippen molar-refractivity contribution in [2.75, 3.05) is 11.9 Å². The molecule has 2 atom stereocenters. The number of benzene rings is 2. The lowest BCUT2D eigenvalue weighted by Crippen LogP contribution is -2.36. The number of anilines is 1. The molecule has 2 amide bonds. The Morgan fingerprint density at radius 2 is 1.53 bits per heavy atom. The third-order valence-electron chi connectivity index (χ3n) is 5.91. The van der Waals surface area contributed by atoms with Crippen LogP contribution >= 0.6 is 15.9 Å². The summed E-state index contributed by atoms with van der Waals surface area (Å²) >= 11 is 3.52. The van der Waals surface area contributed by atoms with Crippen molar-refractivity contribution in [2.45, 2.75) is 25.3 Å². The molecule has 6 nitrogen and oxygen atoms in total. The van der Waals surface area contributed by atoms with Crippen LogP contribution in [-0.2, 0) is 13.2 Å². The van der Waals surface area contributed by atoms with Gasteiger partial charge in [0.15, 0.2) is 0 Å². The monoisotopic (exact) mass is 517 g/mol. The van der Waals surface area contributed by atoms with Gasteiger partial charge in [-0.2, -0.15) is 4.98 Å². The Balaban J connectivity index is 1.45. The maximum Gasteiger partial charge on any atom is 0.325 e. The van der Waals surface area contributed by atoms with Crippen LogP contribution in [0.25, 0.3) is 0 Å². The number of aromatic nitrogens is 1. The lowest BCUT2D eigenvalue weighted by atomic mass is 10.0. The number of halogens is 1. The van der Waals surface area contributed by atoms with Gasteiger partial charge in [0.1, 0.15) is 18.9 Å². The van der Waals surface area contributed by atoms with Gasteiger partial charge in [-0.3, -0.25) is 4.90 Å². The number of urea groups is 1. The van der Waals surface area contributed by atoms with Gasteiger partial charge in [-0.1, -0.05) is 88.7 Å². The number of fused-ring (bicyclic) bond motifs is 1. The highest BCUT2D eigenvalue weighted by atomic mass is 79.9. The average Bonchev–Trinajstić information content (AvgIpc) is 3.12. The zero-order valence-electron chi connectivity index (χ0n) is 18.7. The van der Waals surface area contributed by atoms with Crippen LogP contribution in [0.4, 0.5) is 10.5 Å². The topological polar surface area (TPSA) is 54.9 Å². The van der Waals surface area contributed by atoms with Crippen LogP contribution < -0.4 is 14.4 Å². The molecule has 0 saturated carbocycles. The van der Waals surface area contributed by atoms with E-state index < -0.39 is 0 Å². The number of hydrogen-bond acceptors (Lipinski definition) is 4. The van der Waals surface area contributed by atoms with E-state index in [0.29, 0.717) is 30.7 Å². The highest BCUT2D eigenvalue weighted by molar-refractivity contribution is 9.11. The number of likely N-dealkylation sites (N-methyl/N-ethyl adjacent to an activating group) is 1. The second-order valence-electron chi connectivity index (χ2n) is 8.18. The molecule has 2 unspecified atom stereocenters. The van der Waals surface area contributed by atoms with E-state index in [-0.39, 0.29) is 18.1 Å². The molecular weight excluding hydrogens is 494 g/mol. The van der Waals surface area contributed by atoms with Crippen molar-refractivity contribution in [1.82, 2.24) is 9.88 Å². The maximum absolute atomic E-state index is 13.3.